The van der Waals surface area contributed by atoms with Gasteiger partial charge in [-0.15, -0.1) is 12.4 Å². The number of halogens is 2. The highest BCUT2D eigenvalue weighted by Crippen LogP contribution is 2.26. The van der Waals surface area contributed by atoms with Crippen LogP contribution in [0.3, 0.4) is 0 Å². The van der Waals surface area contributed by atoms with Gasteiger partial charge in [0, 0.05) is 35.5 Å². The van der Waals surface area contributed by atoms with Crippen LogP contribution in [0.25, 0.3) is 10.9 Å². The minimum absolute atomic E-state index is 0. The number of nitrogens with one attached hydrogen (secondary N) is 2. The van der Waals surface area contributed by atoms with Gasteiger partial charge in [-0.3, -0.25) is 4.79 Å². The van der Waals surface area contributed by atoms with Gasteiger partial charge in [-0.1, -0.05) is 22.0 Å². The van der Waals surface area contributed by atoms with Crippen molar-refractivity contribution in [3.63, 3.8) is 0 Å². The Morgan fingerprint density at radius 1 is 1.22 bits per heavy atom. The molecule has 3 aromatic rings. The number of fused-ring (bicyclic) bond motifs is 1. The van der Waals surface area contributed by atoms with Crippen LogP contribution < -0.4 is 21.5 Å². The molecule has 0 unspecified atom stereocenters. The number of nitrogens with zero attached hydrogens (tertiary/aromatic N) is 3. The molecule has 27 heavy (non-hydrogen) atoms. The molecule has 0 saturated carbocycles. The second-order valence-corrected chi connectivity index (χ2v) is 7.31. The van der Waals surface area contributed by atoms with E-state index in [0.29, 0.717) is 22.7 Å². The third-order valence-corrected chi connectivity index (χ3v) is 5.01. The molecule has 0 aliphatic carbocycles. The van der Waals surface area contributed by atoms with Crippen molar-refractivity contribution < 1.29 is 0 Å². The molecule has 0 radical (unpaired) electrons. The van der Waals surface area contributed by atoms with Crippen molar-refractivity contribution in [2.75, 3.05) is 23.3 Å². The van der Waals surface area contributed by atoms with E-state index in [1.54, 1.807) is 12.3 Å². The third-order valence-electron chi connectivity index (χ3n) is 4.52. The van der Waals surface area contributed by atoms with E-state index in [4.69, 9.17) is 5.73 Å². The number of pyridine rings is 1. The van der Waals surface area contributed by atoms with Gasteiger partial charge >= 0.3 is 0 Å². The average Bonchev–Trinajstić information content (AvgIpc) is 2.62. The van der Waals surface area contributed by atoms with E-state index in [2.05, 4.69) is 41.1 Å². The zero-order valence-corrected chi connectivity index (χ0v) is 16.9. The van der Waals surface area contributed by atoms with Crippen molar-refractivity contribution in [2.24, 2.45) is 5.73 Å². The monoisotopic (exact) mass is 450 g/mol. The standard InChI is InChI=1S/C18H19BrN6O.ClH/c19-11-2-1-3-13(10-11)22-16-15-14(4-7-21-17(15)26)23-18(24-16)25-8-5-12(20)6-9-25;/h1-4,7,10,12H,5-6,8-9,20H2,(H,21,26)(H,22,23,24);1H. The van der Waals surface area contributed by atoms with E-state index in [1.165, 1.54) is 0 Å². The Bertz CT molecular complexity index is 1000. The molecule has 0 atom stereocenters. The summed E-state index contributed by atoms with van der Waals surface area (Å²) in [6, 6.07) is 9.75. The highest BCUT2D eigenvalue weighted by Gasteiger charge is 2.20. The van der Waals surface area contributed by atoms with Crippen LogP contribution in [-0.4, -0.2) is 34.1 Å². The Labute approximate surface area is 170 Å². The van der Waals surface area contributed by atoms with Gasteiger partial charge in [-0.25, -0.2) is 4.98 Å². The van der Waals surface area contributed by atoms with Crippen LogP contribution >= 0.6 is 28.3 Å². The van der Waals surface area contributed by atoms with Crippen LogP contribution in [0.2, 0.25) is 0 Å². The molecule has 1 fully saturated rings. The fraction of sp³-hybridized carbons (Fsp3) is 0.278. The number of aromatic nitrogens is 3. The van der Waals surface area contributed by atoms with Crippen molar-refractivity contribution in [2.45, 2.75) is 18.9 Å². The fourth-order valence-electron chi connectivity index (χ4n) is 3.11. The van der Waals surface area contributed by atoms with Crippen LogP contribution in [0.1, 0.15) is 12.8 Å². The fourth-order valence-corrected chi connectivity index (χ4v) is 3.51. The molecule has 142 valence electrons. The maximum absolute atomic E-state index is 12.4. The Morgan fingerprint density at radius 2 is 2.00 bits per heavy atom. The molecule has 9 heteroatoms. The van der Waals surface area contributed by atoms with Gasteiger partial charge in [-0.2, -0.15) is 4.98 Å². The molecule has 1 aromatic carbocycles. The van der Waals surface area contributed by atoms with Gasteiger partial charge in [0.05, 0.1) is 5.52 Å². The Hall–Kier alpha value is -2.16. The van der Waals surface area contributed by atoms with E-state index in [-0.39, 0.29) is 24.0 Å². The number of hydrogen-bond acceptors (Lipinski definition) is 6. The number of piperidine rings is 1. The highest BCUT2D eigenvalue weighted by atomic mass is 79.9. The SMILES string of the molecule is Cl.NC1CCN(c2nc(Nc3cccc(Br)c3)c3c(=O)[nH]ccc3n2)CC1. The van der Waals surface area contributed by atoms with Crippen LogP contribution in [0.4, 0.5) is 17.5 Å². The summed E-state index contributed by atoms with van der Waals surface area (Å²) < 4.78 is 0.944. The van der Waals surface area contributed by atoms with Crippen LogP contribution in [0.15, 0.2) is 45.8 Å². The van der Waals surface area contributed by atoms with Crippen molar-refractivity contribution in [1.82, 2.24) is 15.0 Å². The van der Waals surface area contributed by atoms with Gasteiger partial charge in [0.25, 0.3) is 5.56 Å². The molecular formula is C18H20BrClN6O. The van der Waals surface area contributed by atoms with Crippen molar-refractivity contribution in [1.29, 1.82) is 0 Å². The van der Waals surface area contributed by atoms with E-state index in [1.807, 2.05) is 24.3 Å². The first-order chi connectivity index (χ1) is 12.6. The minimum Gasteiger partial charge on any atom is -0.341 e. The zero-order valence-electron chi connectivity index (χ0n) is 14.5. The topological polar surface area (TPSA) is 99.9 Å². The molecule has 0 spiro atoms. The highest BCUT2D eigenvalue weighted by molar-refractivity contribution is 9.10. The maximum atomic E-state index is 12.4. The van der Waals surface area contributed by atoms with Crippen LogP contribution in [0, 0.1) is 0 Å². The second kappa shape index (κ2) is 8.24. The summed E-state index contributed by atoms with van der Waals surface area (Å²) in [6.45, 7) is 1.62. The van der Waals surface area contributed by atoms with Gasteiger partial charge in [0.1, 0.15) is 11.2 Å². The smallest absolute Gasteiger partial charge is 0.261 e. The lowest BCUT2D eigenvalue weighted by molar-refractivity contribution is 0.496. The van der Waals surface area contributed by atoms with E-state index in [9.17, 15) is 4.79 Å². The van der Waals surface area contributed by atoms with E-state index in [0.717, 1.165) is 36.1 Å². The summed E-state index contributed by atoms with van der Waals surface area (Å²) in [7, 11) is 0. The predicted molar refractivity (Wildman–Crippen MR) is 114 cm³/mol. The summed E-state index contributed by atoms with van der Waals surface area (Å²) in [4.78, 5) is 26.5. The normalized spacial score (nSPS) is 14.8. The Balaban J connectivity index is 0.00000210. The molecule has 3 heterocycles. The molecule has 0 bridgehead atoms. The summed E-state index contributed by atoms with van der Waals surface area (Å²) in [6.07, 6.45) is 3.42. The largest absolute Gasteiger partial charge is 0.341 e. The van der Waals surface area contributed by atoms with Gasteiger partial charge < -0.3 is 20.9 Å². The lowest BCUT2D eigenvalue weighted by atomic mass is 10.1. The molecule has 2 aromatic heterocycles. The van der Waals surface area contributed by atoms with Gasteiger partial charge in [0.2, 0.25) is 5.95 Å². The van der Waals surface area contributed by atoms with E-state index >= 15 is 0 Å². The number of aromatic amines is 1. The molecule has 1 aliphatic rings. The number of benzene rings is 1. The number of anilines is 3. The number of H-pyrrole nitrogens is 1. The van der Waals surface area contributed by atoms with Crippen molar-refractivity contribution in [3.8, 4) is 0 Å². The summed E-state index contributed by atoms with van der Waals surface area (Å²) >= 11 is 3.46. The second-order valence-electron chi connectivity index (χ2n) is 6.40. The maximum Gasteiger partial charge on any atom is 0.261 e. The van der Waals surface area contributed by atoms with Crippen LogP contribution in [-0.2, 0) is 0 Å². The van der Waals surface area contributed by atoms with Gasteiger partial charge in [0.15, 0.2) is 0 Å². The third kappa shape index (κ3) is 4.23. The number of hydrogen-bond donors (Lipinski definition) is 3. The lowest BCUT2D eigenvalue weighted by Gasteiger charge is -2.30. The molecule has 7 nitrogen and oxygen atoms in total. The van der Waals surface area contributed by atoms with E-state index < -0.39 is 0 Å². The molecule has 1 saturated heterocycles. The summed E-state index contributed by atoms with van der Waals surface area (Å²) in [5.74, 6) is 1.12. The molecular weight excluding hydrogens is 432 g/mol. The lowest BCUT2D eigenvalue weighted by Crippen LogP contribution is -2.40. The van der Waals surface area contributed by atoms with Crippen molar-refractivity contribution in [3.05, 3.63) is 51.4 Å². The quantitative estimate of drug-likeness (QED) is 0.565. The summed E-state index contributed by atoms with van der Waals surface area (Å²) in [5, 5.41) is 3.71. The molecule has 0 amide bonds. The van der Waals surface area contributed by atoms with Crippen molar-refractivity contribution >= 4 is 56.7 Å². The minimum atomic E-state index is -0.216. The number of nitrogens with two attached hydrogens (primary N) is 1. The Morgan fingerprint density at radius 3 is 2.74 bits per heavy atom. The molecule has 4 N–H and O–H groups in total. The molecule has 4 rings (SSSR count). The average molecular weight is 452 g/mol. The first kappa shape index (κ1) is 19.6. The van der Waals surface area contributed by atoms with Gasteiger partial charge in [-0.05, 0) is 37.1 Å². The number of rotatable bonds is 3. The van der Waals surface area contributed by atoms with Crippen LogP contribution in [0.5, 0.6) is 0 Å². The summed E-state index contributed by atoms with van der Waals surface area (Å²) in [5.41, 5.74) is 7.25. The first-order valence-corrected chi connectivity index (χ1v) is 9.32. The predicted octanol–water partition coefficient (Wildman–Crippen LogP) is 3.17. The first-order valence-electron chi connectivity index (χ1n) is 8.53. The zero-order chi connectivity index (χ0) is 18.1. The Kier molecular flexibility index (Phi) is 5.98. The molecule has 1 aliphatic heterocycles.